The van der Waals surface area contributed by atoms with E-state index in [0.29, 0.717) is 11.4 Å². The molecule has 1 aromatic heterocycles. The number of nitriles is 1. The third-order valence-corrected chi connectivity index (χ3v) is 7.34. The van der Waals surface area contributed by atoms with E-state index in [-0.39, 0.29) is 0 Å². The van der Waals surface area contributed by atoms with Crippen LogP contribution in [0.4, 0.5) is 0 Å². The lowest BCUT2D eigenvalue weighted by molar-refractivity contribution is 1.23. The molecule has 0 bridgehead atoms. The summed E-state index contributed by atoms with van der Waals surface area (Å²) in [5.41, 5.74) is 9.03. The number of hydrogen-bond donors (Lipinski definition) is 0. The van der Waals surface area contributed by atoms with Crippen molar-refractivity contribution in [1.29, 1.82) is 5.26 Å². The maximum absolute atomic E-state index is 9.27. The molecular weight excluding hydrogens is 486 g/mol. The van der Waals surface area contributed by atoms with Crippen molar-refractivity contribution in [3.05, 3.63) is 145 Å². The van der Waals surface area contributed by atoms with Crippen LogP contribution >= 0.6 is 0 Å². The summed E-state index contributed by atoms with van der Waals surface area (Å²) in [5, 5.41) is 12.7. The van der Waals surface area contributed by atoms with Crippen LogP contribution in [0.15, 0.2) is 140 Å². The van der Waals surface area contributed by atoms with E-state index in [4.69, 9.17) is 9.97 Å². The molecule has 0 N–H and O–H groups in total. The van der Waals surface area contributed by atoms with Crippen LogP contribution in [0.2, 0.25) is 0 Å². The summed E-state index contributed by atoms with van der Waals surface area (Å²) in [6, 6.07) is 49.8. The average Bonchev–Trinajstić information content (AvgIpc) is 3.04. The Morgan fingerprint density at radius 1 is 0.475 bits per heavy atom. The summed E-state index contributed by atoms with van der Waals surface area (Å²) in [4.78, 5) is 9.97. The van der Waals surface area contributed by atoms with Gasteiger partial charge in [0.25, 0.3) is 0 Å². The zero-order chi connectivity index (χ0) is 26.9. The van der Waals surface area contributed by atoms with Gasteiger partial charge in [-0.2, -0.15) is 5.26 Å². The SMILES string of the molecule is N#Cc1ccc(-c2ccc3ccccc3c2-c2ccc(-c3nc(-c4ccccc4)c4ccccc4n3)cc2)cc1. The molecular formula is C37H23N3. The summed E-state index contributed by atoms with van der Waals surface area (Å²) < 4.78 is 0. The van der Waals surface area contributed by atoms with Gasteiger partial charge < -0.3 is 0 Å². The van der Waals surface area contributed by atoms with Crippen molar-refractivity contribution in [2.24, 2.45) is 0 Å². The van der Waals surface area contributed by atoms with E-state index in [1.54, 1.807) is 0 Å². The van der Waals surface area contributed by atoms with Crippen LogP contribution in [-0.2, 0) is 0 Å². The van der Waals surface area contributed by atoms with Gasteiger partial charge in [0.1, 0.15) is 0 Å². The molecule has 7 rings (SSSR count). The Balaban J connectivity index is 1.37. The second kappa shape index (κ2) is 9.94. The highest BCUT2D eigenvalue weighted by Gasteiger charge is 2.14. The summed E-state index contributed by atoms with van der Waals surface area (Å²) in [6.45, 7) is 0. The molecule has 0 aliphatic heterocycles. The van der Waals surface area contributed by atoms with Gasteiger partial charge in [-0.15, -0.1) is 0 Å². The molecule has 0 radical (unpaired) electrons. The molecule has 0 saturated heterocycles. The van der Waals surface area contributed by atoms with Crippen molar-refractivity contribution < 1.29 is 0 Å². The van der Waals surface area contributed by atoms with E-state index in [9.17, 15) is 5.26 Å². The summed E-state index contributed by atoms with van der Waals surface area (Å²) >= 11 is 0. The standard InChI is InChI=1S/C37H23N3/c38-24-25-14-16-27(17-15-25)32-23-22-26-8-4-5-11-31(26)35(32)28-18-20-30(21-19-28)37-39-34-13-7-6-12-33(34)36(40-37)29-9-2-1-3-10-29/h1-23H. The third kappa shape index (κ3) is 4.18. The van der Waals surface area contributed by atoms with E-state index in [0.717, 1.165) is 44.4 Å². The van der Waals surface area contributed by atoms with Crippen molar-refractivity contribution in [1.82, 2.24) is 9.97 Å². The van der Waals surface area contributed by atoms with Crippen molar-refractivity contribution in [3.8, 4) is 51.0 Å². The van der Waals surface area contributed by atoms with Gasteiger partial charge >= 0.3 is 0 Å². The number of benzene rings is 6. The first-order valence-electron chi connectivity index (χ1n) is 13.2. The normalized spacial score (nSPS) is 11.0. The molecule has 0 spiro atoms. The number of hydrogen-bond acceptors (Lipinski definition) is 3. The van der Waals surface area contributed by atoms with Gasteiger partial charge in [0.2, 0.25) is 0 Å². The second-order valence-corrected chi connectivity index (χ2v) is 9.75. The Hall–Kier alpha value is -5.59. The maximum atomic E-state index is 9.27. The molecule has 0 atom stereocenters. The Labute approximate surface area is 232 Å². The van der Waals surface area contributed by atoms with Crippen molar-refractivity contribution in [2.75, 3.05) is 0 Å². The largest absolute Gasteiger partial charge is 0.228 e. The molecule has 0 aliphatic rings. The first-order valence-corrected chi connectivity index (χ1v) is 13.2. The number of nitrogens with zero attached hydrogens (tertiary/aromatic N) is 3. The smallest absolute Gasteiger partial charge is 0.160 e. The van der Waals surface area contributed by atoms with E-state index in [2.05, 4.69) is 84.9 Å². The van der Waals surface area contributed by atoms with Gasteiger partial charge in [0, 0.05) is 16.5 Å². The highest BCUT2D eigenvalue weighted by Crippen LogP contribution is 2.39. The summed E-state index contributed by atoms with van der Waals surface area (Å²) in [6.07, 6.45) is 0. The Bertz CT molecular complexity index is 2040. The van der Waals surface area contributed by atoms with E-state index >= 15 is 0 Å². The second-order valence-electron chi connectivity index (χ2n) is 9.75. The zero-order valence-electron chi connectivity index (χ0n) is 21.6. The van der Waals surface area contributed by atoms with Crippen LogP contribution in [0.3, 0.4) is 0 Å². The minimum absolute atomic E-state index is 0.653. The minimum Gasteiger partial charge on any atom is -0.228 e. The molecule has 186 valence electrons. The summed E-state index contributed by atoms with van der Waals surface area (Å²) in [7, 11) is 0. The predicted molar refractivity (Wildman–Crippen MR) is 164 cm³/mol. The average molecular weight is 510 g/mol. The molecule has 0 aliphatic carbocycles. The lowest BCUT2D eigenvalue weighted by Gasteiger charge is -2.15. The molecule has 3 heteroatoms. The molecule has 0 saturated carbocycles. The van der Waals surface area contributed by atoms with Gasteiger partial charge in [0.05, 0.1) is 22.8 Å². The fourth-order valence-electron chi connectivity index (χ4n) is 5.36. The first kappa shape index (κ1) is 23.5. The minimum atomic E-state index is 0.653. The molecule has 6 aromatic carbocycles. The molecule has 0 amide bonds. The van der Waals surface area contributed by atoms with Gasteiger partial charge in [-0.3, -0.25) is 0 Å². The number of fused-ring (bicyclic) bond motifs is 2. The molecule has 1 heterocycles. The Morgan fingerprint density at radius 3 is 1.90 bits per heavy atom. The third-order valence-electron chi connectivity index (χ3n) is 7.34. The van der Waals surface area contributed by atoms with Crippen LogP contribution < -0.4 is 0 Å². The van der Waals surface area contributed by atoms with Crippen molar-refractivity contribution in [3.63, 3.8) is 0 Å². The van der Waals surface area contributed by atoms with Crippen LogP contribution in [0.5, 0.6) is 0 Å². The lowest BCUT2D eigenvalue weighted by Crippen LogP contribution is -1.95. The predicted octanol–water partition coefficient (Wildman–Crippen LogP) is 9.32. The van der Waals surface area contributed by atoms with Crippen molar-refractivity contribution >= 4 is 21.7 Å². The zero-order valence-corrected chi connectivity index (χ0v) is 21.6. The maximum Gasteiger partial charge on any atom is 0.160 e. The fourth-order valence-corrected chi connectivity index (χ4v) is 5.36. The quantitative estimate of drug-likeness (QED) is 0.237. The van der Waals surface area contributed by atoms with Gasteiger partial charge in [-0.1, -0.05) is 121 Å². The first-order chi connectivity index (χ1) is 19.8. The van der Waals surface area contributed by atoms with E-state index in [1.807, 2.05) is 60.7 Å². The monoisotopic (exact) mass is 509 g/mol. The Morgan fingerprint density at radius 2 is 1.12 bits per heavy atom. The molecule has 40 heavy (non-hydrogen) atoms. The van der Waals surface area contributed by atoms with Crippen LogP contribution in [-0.4, -0.2) is 9.97 Å². The molecule has 7 aromatic rings. The van der Waals surface area contributed by atoms with Gasteiger partial charge in [-0.25, -0.2) is 9.97 Å². The highest BCUT2D eigenvalue weighted by atomic mass is 14.9. The summed E-state index contributed by atoms with van der Waals surface area (Å²) in [5.74, 6) is 0.703. The Kier molecular flexibility index (Phi) is 5.85. The van der Waals surface area contributed by atoms with Crippen LogP contribution in [0, 0.1) is 11.3 Å². The molecule has 3 nitrogen and oxygen atoms in total. The fraction of sp³-hybridized carbons (Fsp3) is 0. The number of aromatic nitrogens is 2. The van der Waals surface area contributed by atoms with Gasteiger partial charge in [-0.05, 0) is 51.2 Å². The molecule has 0 fully saturated rings. The van der Waals surface area contributed by atoms with Crippen LogP contribution in [0.1, 0.15) is 5.56 Å². The van der Waals surface area contributed by atoms with Crippen molar-refractivity contribution in [2.45, 2.75) is 0 Å². The molecule has 0 unspecified atom stereocenters. The number of rotatable bonds is 4. The van der Waals surface area contributed by atoms with E-state index < -0.39 is 0 Å². The lowest BCUT2D eigenvalue weighted by atomic mass is 9.89. The van der Waals surface area contributed by atoms with E-state index in [1.165, 1.54) is 16.3 Å². The highest BCUT2D eigenvalue weighted by molar-refractivity contribution is 6.04. The topological polar surface area (TPSA) is 49.6 Å². The van der Waals surface area contributed by atoms with Crippen LogP contribution in [0.25, 0.3) is 66.6 Å². The number of para-hydroxylation sites is 1. The van der Waals surface area contributed by atoms with Gasteiger partial charge in [0.15, 0.2) is 5.82 Å².